The van der Waals surface area contributed by atoms with Crippen LogP contribution in [0.3, 0.4) is 0 Å². The lowest BCUT2D eigenvalue weighted by Crippen LogP contribution is -2.44. The predicted molar refractivity (Wildman–Crippen MR) is 169 cm³/mol. The molecule has 0 aliphatic heterocycles. The molecule has 2 aromatic rings. The number of hydrogen-bond donors (Lipinski definition) is 4. The van der Waals surface area contributed by atoms with E-state index in [1.165, 1.54) is 0 Å². The van der Waals surface area contributed by atoms with Crippen molar-refractivity contribution in [2.75, 3.05) is 13.2 Å². The first kappa shape index (κ1) is 31.8. The zero-order chi connectivity index (χ0) is 27.2. The SMILES string of the molecule is CC(C)(C)OC(=O)NC(Cc1cc(I)c(Oc2cc(I)c(OCC(O)CN)c(I)c2)c(I)c1)C(=O)O. The van der Waals surface area contributed by atoms with Crippen molar-refractivity contribution in [2.45, 2.75) is 44.9 Å². The number of ether oxygens (including phenoxy) is 3. The Labute approximate surface area is 264 Å². The van der Waals surface area contributed by atoms with Crippen LogP contribution in [0.25, 0.3) is 0 Å². The van der Waals surface area contributed by atoms with Gasteiger partial charge in [0.2, 0.25) is 0 Å². The van der Waals surface area contributed by atoms with E-state index in [1.54, 1.807) is 20.8 Å². The number of rotatable bonds is 10. The smallest absolute Gasteiger partial charge is 0.408 e. The molecular weight excluding hydrogens is 924 g/mol. The van der Waals surface area contributed by atoms with E-state index in [0.717, 1.165) is 19.8 Å². The summed E-state index contributed by atoms with van der Waals surface area (Å²) in [6.45, 7) is 5.34. The highest BCUT2D eigenvalue weighted by atomic mass is 127. The van der Waals surface area contributed by atoms with Gasteiger partial charge < -0.3 is 35.5 Å². The fraction of sp³-hybridized carbons (Fsp3) is 0.391. The Kier molecular flexibility index (Phi) is 12.5. The summed E-state index contributed by atoms with van der Waals surface area (Å²) in [5.41, 5.74) is 5.43. The van der Waals surface area contributed by atoms with Gasteiger partial charge in [-0.25, -0.2) is 9.59 Å². The van der Waals surface area contributed by atoms with E-state index >= 15 is 0 Å². The number of carbonyl (C=O) groups excluding carboxylic acids is 1. The number of carbonyl (C=O) groups is 2. The molecule has 0 aliphatic carbocycles. The first-order valence-corrected chi connectivity index (χ1v) is 14.9. The Hall–Kier alpha value is -0.380. The topological polar surface area (TPSA) is 140 Å². The van der Waals surface area contributed by atoms with Gasteiger partial charge in [0.25, 0.3) is 0 Å². The minimum Gasteiger partial charge on any atom is -0.489 e. The van der Waals surface area contributed by atoms with Gasteiger partial charge in [-0.2, -0.15) is 0 Å². The molecule has 0 bridgehead atoms. The van der Waals surface area contributed by atoms with Crippen molar-refractivity contribution >= 4 is 102 Å². The van der Waals surface area contributed by atoms with Crippen LogP contribution in [0.15, 0.2) is 24.3 Å². The van der Waals surface area contributed by atoms with Crippen LogP contribution in [-0.4, -0.2) is 53.2 Å². The quantitative estimate of drug-likeness (QED) is 0.241. The van der Waals surface area contributed by atoms with Crippen LogP contribution in [0, 0.1) is 14.3 Å². The Bertz CT molecular complexity index is 1060. The van der Waals surface area contributed by atoms with Gasteiger partial charge >= 0.3 is 12.1 Å². The van der Waals surface area contributed by atoms with Crippen molar-refractivity contribution in [2.24, 2.45) is 5.73 Å². The molecule has 198 valence electrons. The Morgan fingerprint density at radius 3 is 2.00 bits per heavy atom. The van der Waals surface area contributed by atoms with Crippen LogP contribution < -0.4 is 20.5 Å². The van der Waals surface area contributed by atoms with Crippen LogP contribution in [-0.2, 0) is 16.0 Å². The largest absolute Gasteiger partial charge is 0.489 e. The zero-order valence-electron chi connectivity index (χ0n) is 19.6. The van der Waals surface area contributed by atoms with Crippen molar-refractivity contribution in [3.63, 3.8) is 0 Å². The van der Waals surface area contributed by atoms with Crippen molar-refractivity contribution in [1.82, 2.24) is 5.32 Å². The Morgan fingerprint density at radius 2 is 1.53 bits per heavy atom. The van der Waals surface area contributed by atoms with Crippen LogP contribution in [0.1, 0.15) is 26.3 Å². The van der Waals surface area contributed by atoms with Gasteiger partial charge in [0.05, 0.1) is 14.3 Å². The molecule has 9 nitrogen and oxygen atoms in total. The summed E-state index contributed by atoms with van der Waals surface area (Å²) in [5, 5.41) is 21.7. The van der Waals surface area contributed by atoms with Crippen molar-refractivity contribution in [3.8, 4) is 17.2 Å². The first-order chi connectivity index (χ1) is 16.7. The van der Waals surface area contributed by atoms with Crippen LogP contribution >= 0.6 is 90.4 Å². The molecule has 2 aromatic carbocycles. The van der Waals surface area contributed by atoms with E-state index in [1.807, 2.05) is 24.3 Å². The molecule has 5 N–H and O–H groups in total. The monoisotopic (exact) mass is 950 g/mol. The second kappa shape index (κ2) is 14.1. The fourth-order valence-corrected chi connectivity index (χ4v) is 6.95. The van der Waals surface area contributed by atoms with Gasteiger partial charge in [0, 0.05) is 13.0 Å². The van der Waals surface area contributed by atoms with E-state index in [0.29, 0.717) is 17.2 Å². The van der Waals surface area contributed by atoms with Gasteiger partial charge in [0.1, 0.15) is 35.9 Å². The summed E-state index contributed by atoms with van der Waals surface area (Å²) in [5.74, 6) is 0.726. The first-order valence-electron chi connectivity index (χ1n) is 10.6. The maximum Gasteiger partial charge on any atom is 0.408 e. The van der Waals surface area contributed by atoms with Gasteiger partial charge in [-0.1, -0.05) is 0 Å². The number of aliphatic carboxylic acids is 1. The normalized spacial score (nSPS) is 13.0. The molecular formula is C23H26I4N2O7. The number of alkyl carbamates (subject to hydrolysis) is 1. The number of amides is 1. The van der Waals surface area contributed by atoms with E-state index in [2.05, 4.69) is 95.7 Å². The molecule has 0 saturated carbocycles. The summed E-state index contributed by atoms with van der Waals surface area (Å²) in [7, 11) is 0. The highest BCUT2D eigenvalue weighted by molar-refractivity contribution is 14.1. The maximum absolute atomic E-state index is 12.1. The van der Waals surface area contributed by atoms with Gasteiger partial charge in [-0.15, -0.1) is 0 Å². The van der Waals surface area contributed by atoms with Gasteiger partial charge in [-0.05, 0) is 141 Å². The van der Waals surface area contributed by atoms with E-state index in [-0.39, 0.29) is 19.6 Å². The van der Waals surface area contributed by atoms with Crippen LogP contribution in [0.5, 0.6) is 17.2 Å². The molecule has 2 rings (SSSR count). The molecule has 36 heavy (non-hydrogen) atoms. The minimum absolute atomic E-state index is 0.0807. The Balaban J connectivity index is 2.19. The highest BCUT2D eigenvalue weighted by Crippen LogP contribution is 2.37. The average Bonchev–Trinajstić information content (AvgIpc) is 2.73. The molecule has 13 heteroatoms. The number of nitrogens with two attached hydrogens (primary N) is 1. The molecule has 0 aromatic heterocycles. The van der Waals surface area contributed by atoms with E-state index in [9.17, 15) is 19.8 Å². The van der Waals surface area contributed by atoms with Crippen molar-refractivity contribution in [3.05, 3.63) is 44.1 Å². The molecule has 0 aliphatic rings. The molecule has 0 fully saturated rings. The summed E-state index contributed by atoms with van der Waals surface area (Å²) < 4.78 is 20.3. The molecule has 1 amide bonds. The second-order valence-electron chi connectivity index (χ2n) is 8.65. The summed E-state index contributed by atoms with van der Waals surface area (Å²) in [4.78, 5) is 23.8. The van der Waals surface area contributed by atoms with Crippen LogP contribution in [0.2, 0.25) is 0 Å². The number of halogens is 4. The molecule has 0 saturated heterocycles. The molecule has 2 unspecified atom stereocenters. The number of aliphatic hydroxyl groups excluding tert-OH is 1. The maximum atomic E-state index is 12.1. The molecule has 0 spiro atoms. The van der Waals surface area contributed by atoms with E-state index < -0.39 is 29.8 Å². The minimum atomic E-state index is -1.16. The summed E-state index contributed by atoms with van der Waals surface area (Å²) >= 11 is 8.57. The van der Waals surface area contributed by atoms with E-state index in [4.69, 9.17) is 19.9 Å². The van der Waals surface area contributed by atoms with Crippen LogP contribution in [0.4, 0.5) is 4.79 Å². The lowest BCUT2D eigenvalue weighted by molar-refractivity contribution is -0.139. The van der Waals surface area contributed by atoms with Gasteiger partial charge in [0.15, 0.2) is 5.75 Å². The summed E-state index contributed by atoms with van der Waals surface area (Å²) in [6, 6.07) is 6.17. The fourth-order valence-electron chi connectivity index (χ4n) is 2.81. The lowest BCUT2D eigenvalue weighted by atomic mass is 10.1. The van der Waals surface area contributed by atoms with Gasteiger partial charge in [-0.3, -0.25) is 0 Å². The Morgan fingerprint density at radius 1 is 1.00 bits per heavy atom. The predicted octanol–water partition coefficient (Wildman–Crippen LogP) is 5.12. The number of carboxylic acids is 1. The lowest BCUT2D eigenvalue weighted by Gasteiger charge is -2.22. The molecule has 2 atom stereocenters. The third kappa shape index (κ3) is 10.1. The highest BCUT2D eigenvalue weighted by Gasteiger charge is 2.25. The van der Waals surface area contributed by atoms with Crippen molar-refractivity contribution < 1.29 is 34.0 Å². The number of aliphatic hydroxyl groups is 1. The number of carboxylic acid groups (broad SMARTS) is 1. The summed E-state index contributed by atoms with van der Waals surface area (Å²) in [6.07, 6.45) is -1.44. The number of nitrogens with one attached hydrogen (secondary N) is 1. The third-order valence-corrected chi connectivity index (χ3v) is 7.58. The van der Waals surface area contributed by atoms with Crippen molar-refractivity contribution in [1.29, 1.82) is 0 Å². The third-order valence-electron chi connectivity index (χ3n) is 4.37. The molecule has 0 radical (unpaired) electrons. The molecule has 0 heterocycles. The second-order valence-corrected chi connectivity index (χ2v) is 13.3. The average molecular weight is 950 g/mol. The number of benzene rings is 2. The standard InChI is InChI=1S/C23H26I4N2O7/c1-23(2,3)36-22(33)29-18(21(31)32)6-11-4-14(24)20(15(25)5-11)35-13-7-16(26)19(17(27)8-13)34-10-12(30)9-28/h4-5,7-8,12,18,30H,6,9-10,28H2,1-3H3,(H,29,33)(H,31,32). The number of hydrogen-bond acceptors (Lipinski definition) is 7. The zero-order valence-corrected chi connectivity index (χ0v) is 28.2.